The lowest BCUT2D eigenvalue weighted by Gasteiger charge is -2.19. The van der Waals surface area contributed by atoms with Crippen molar-refractivity contribution in [1.82, 2.24) is 9.97 Å². The number of halogens is 1. The highest BCUT2D eigenvalue weighted by Crippen LogP contribution is 2.32. The molecule has 0 unspecified atom stereocenters. The molecule has 8 heteroatoms. The molecule has 0 saturated carbocycles. The summed E-state index contributed by atoms with van der Waals surface area (Å²) in [6, 6.07) is 7.32. The van der Waals surface area contributed by atoms with Crippen LogP contribution in [0.3, 0.4) is 0 Å². The van der Waals surface area contributed by atoms with Gasteiger partial charge < -0.3 is 15.7 Å². The molecule has 7 nitrogen and oxygen atoms in total. The first-order valence-corrected chi connectivity index (χ1v) is 7.87. The lowest BCUT2D eigenvalue weighted by Crippen LogP contribution is -2.18. The fourth-order valence-electron chi connectivity index (χ4n) is 2.70. The highest BCUT2D eigenvalue weighted by atomic mass is 35.5. The number of amidine groups is 1. The van der Waals surface area contributed by atoms with Gasteiger partial charge >= 0.3 is 6.09 Å². The predicted molar refractivity (Wildman–Crippen MR) is 92.7 cm³/mol. The Morgan fingerprint density at radius 2 is 2.00 bits per heavy atom. The van der Waals surface area contributed by atoms with E-state index in [0.29, 0.717) is 10.7 Å². The quantitative estimate of drug-likeness (QED) is 0.654. The van der Waals surface area contributed by atoms with Gasteiger partial charge in [0.15, 0.2) is 5.84 Å². The third kappa shape index (κ3) is 3.46. The summed E-state index contributed by atoms with van der Waals surface area (Å²) in [7, 11) is 0. The van der Waals surface area contributed by atoms with Crippen LogP contribution in [0.15, 0.2) is 35.6 Å². The molecular weight excluding hydrogens is 330 g/mol. The smallest absolute Gasteiger partial charge is 0.433 e. The molecule has 0 atom stereocenters. The Balaban J connectivity index is 1.92. The second-order valence-corrected chi connectivity index (χ2v) is 5.84. The largest absolute Gasteiger partial charge is 0.463 e. The van der Waals surface area contributed by atoms with Gasteiger partial charge in [0, 0.05) is 18.7 Å². The number of carbonyl (C=O) groups is 1. The third-order valence-corrected chi connectivity index (χ3v) is 4.14. The number of carboxylic acid groups (broad SMARTS) is 1. The van der Waals surface area contributed by atoms with Gasteiger partial charge in [-0.15, -0.1) is 0 Å². The molecule has 1 aliphatic heterocycles. The molecule has 1 saturated heterocycles. The van der Waals surface area contributed by atoms with Gasteiger partial charge in [0.05, 0.1) is 16.4 Å². The Hall–Kier alpha value is -2.67. The maximum absolute atomic E-state index is 10.6. The normalized spacial score (nSPS) is 14.9. The lowest BCUT2D eigenvalue weighted by molar-refractivity contribution is 0.205. The van der Waals surface area contributed by atoms with Crippen LogP contribution in [0, 0.1) is 0 Å². The monoisotopic (exact) mass is 345 g/mol. The molecule has 0 bridgehead atoms. The number of rotatable bonds is 3. The summed E-state index contributed by atoms with van der Waals surface area (Å²) in [4.78, 5) is 24.3. The van der Waals surface area contributed by atoms with Crippen molar-refractivity contribution in [1.29, 1.82) is 0 Å². The second kappa shape index (κ2) is 6.84. The van der Waals surface area contributed by atoms with Gasteiger partial charge in [-0.2, -0.15) is 4.99 Å². The van der Waals surface area contributed by atoms with Crippen molar-refractivity contribution in [2.24, 2.45) is 10.7 Å². The fraction of sp³-hybridized carbons (Fsp3) is 0.250. The van der Waals surface area contributed by atoms with Crippen LogP contribution in [0.4, 0.5) is 10.5 Å². The Kier molecular flexibility index (Phi) is 4.61. The third-order valence-electron chi connectivity index (χ3n) is 3.84. The minimum atomic E-state index is -1.37. The van der Waals surface area contributed by atoms with Crippen LogP contribution in [0.2, 0.25) is 5.02 Å². The first kappa shape index (κ1) is 16.2. The first-order valence-electron chi connectivity index (χ1n) is 7.49. The van der Waals surface area contributed by atoms with Crippen molar-refractivity contribution < 1.29 is 9.90 Å². The molecule has 1 amide bonds. The van der Waals surface area contributed by atoms with E-state index in [1.807, 2.05) is 18.2 Å². The van der Waals surface area contributed by atoms with Crippen LogP contribution < -0.4 is 10.6 Å². The molecule has 0 aliphatic carbocycles. The van der Waals surface area contributed by atoms with Gasteiger partial charge in [0.25, 0.3) is 0 Å². The van der Waals surface area contributed by atoms with Crippen molar-refractivity contribution in [2.45, 2.75) is 12.8 Å². The number of aliphatic imine (C=N–C) groups is 1. The fourth-order valence-corrected chi connectivity index (χ4v) is 3.00. The van der Waals surface area contributed by atoms with E-state index in [0.717, 1.165) is 24.3 Å². The number of aromatic nitrogens is 2. The zero-order valence-corrected chi connectivity index (χ0v) is 13.6. The molecule has 0 spiro atoms. The van der Waals surface area contributed by atoms with Crippen LogP contribution in [0.25, 0.3) is 11.3 Å². The van der Waals surface area contributed by atoms with Crippen LogP contribution in [-0.2, 0) is 0 Å². The van der Waals surface area contributed by atoms with Gasteiger partial charge in [0.2, 0.25) is 0 Å². The van der Waals surface area contributed by atoms with Crippen LogP contribution >= 0.6 is 11.6 Å². The van der Waals surface area contributed by atoms with Crippen LogP contribution in [0.1, 0.15) is 18.5 Å². The summed E-state index contributed by atoms with van der Waals surface area (Å²) in [5, 5.41) is 9.32. The van der Waals surface area contributed by atoms with E-state index in [9.17, 15) is 4.79 Å². The Morgan fingerprint density at radius 1 is 1.25 bits per heavy atom. The molecule has 1 fully saturated rings. The SMILES string of the molecule is NC(=NC(=O)O)c1cc(-c2ccc(N3CCCC3)c(Cl)c2)ncn1. The van der Waals surface area contributed by atoms with Crippen molar-refractivity contribution in [3.8, 4) is 11.3 Å². The molecule has 0 radical (unpaired) electrons. The summed E-state index contributed by atoms with van der Waals surface area (Å²) >= 11 is 6.42. The van der Waals surface area contributed by atoms with Gasteiger partial charge in [-0.1, -0.05) is 17.7 Å². The molecule has 2 heterocycles. The summed E-state index contributed by atoms with van der Waals surface area (Å²) in [5.41, 5.74) is 8.29. The molecule has 2 aromatic rings. The topological polar surface area (TPSA) is 105 Å². The van der Waals surface area contributed by atoms with E-state index in [1.165, 1.54) is 19.2 Å². The molecule has 3 N–H and O–H groups in total. The van der Waals surface area contributed by atoms with Gasteiger partial charge in [-0.05, 0) is 31.0 Å². The van der Waals surface area contributed by atoms with Crippen LogP contribution in [-0.4, -0.2) is 40.1 Å². The molecular formula is C16H16ClN5O2. The number of benzene rings is 1. The number of anilines is 1. The van der Waals surface area contributed by atoms with Crippen molar-refractivity contribution >= 4 is 29.2 Å². The number of amides is 1. The zero-order valence-electron chi connectivity index (χ0n) is 12.8. The summed E-state index contributed by atoms with van der Waals surface area (Å²) < 4.78 is 0. The molecule has 1 aromatic carbocycles. The second-order valence-electron chi connectivity index (χ2n) is 5.43. The number of nitrogens with two attached hydrogens (primary N) is 1. The average Bonchev–Trinajstić information content (AvgIpc) is 3.08. The lowest BCUT2D eigenvalue weighted by atomic mass is 10.1. The summed E-state index contributed by atoms with van der Waals surface area (Å²) in [6.45, 7) is 2.03. The predicted octanol–water partition coefficient (Wildman–Crippen LogP) is 2.78. The van der Waals surface area contributed by atoms with E-state index in [4.69, 9.17) is 22.4 Å². The van der Waals surface area contributed by atoms with E-state index >= 15 is 0 Å². The standard InChI is InChI=1S/C16H16ClN5O2/c17-11-7-10(3-4-14(11)22-5-1-2-6-22)12-8-13(20-9-19-12)15(18)21-16(23)24/h3-4,7-9H,1-2,5-6H2,(H2,18,21)(H,23,24). The molecule has 24 heavy (non-hydrogen) atoms. The van der Waals surface area contributed by atoms with Gasteiger partial charge in [-0.3, -0.25) is 0 Å². The Bertz CT molecular complexity index is 803. The maximum atomic E-state index is 10.6. The molecule has 1 aliphatic rings. The Morgan fingerprint density at radius 3 is 2.67 bits per heavy atom. The number of nitrogens with zero attached hydrogens (tertiary/aromatic N) is 4. The van der Waals surface area contributed by atoms with E-state index < -0.39 is 6.09 Å². The molecule has 124 valence electrons. The van der Waals surface area contributed by atoms with Crippen molar-refractivity contribution in [2.75, 3.05) is 18.0 Å². The first-order chi connectivity index (χ1) is 11.5. The molecule has 1 aromatic heterocycles. The molecule has 3 rings (SSSR count). The highest BCUT2D eigenvalue weighted by molar-refractivity contribution is 6.33. The van der Waals surface area contributed by atoms with Crippen LogP contribution in [0.5, 0.6) is 0 Å². The summed E-state index contributed by atoms with van der Waals surface area (Å²) in [5.74, 6) is -0.175. The highest BCUT2D eigenvalue weighted by Gasteiger charge is 2.16. The van der Waals surface area contributed by atoms with Crippen molar-refractivity contribution in [3.63, 3.8) is 0 Å². The summed E-state index contributed by atoms with van der Waals surface area (Å²) in [6.07, 6.45) is 2.30. The Labute approximate surface area is 143 Å². The zero-order chi connectivity index (χ0) is 17.1. The van der Waals surface area contributed by atoms with Crippen molar-refractivity contribution in [3.05, 3.63) is 41.3 Å². The number of hydrogen-bond acceptors (Lipinski definition) is 4. The van der Waals surface area contributed by atoms with Gasteiger partial charge in [0.1, 0.15) is 12.0 Å². The van der Waals surface area contributed by atoms with E-state index in [2.05, 4.69) is 19.9 Å². The van der Waals surface area contributed by atoms with Gasteiger partial charge in [-0.25, -0.2) is 14.8 Å². The maximum Gasteiger partial charge on any atom is 0.433 e. The minimum absolute atomic E-state index is 0.175. The number of hydrogen-bond donors (Lipinski definition) is 2. The average molecular weight is 346 g/mol. The minimum Gasteiger partial charge on any atom is -0.463 e. The van der Waals surface area contributed by atoms with E-state index in [1.54, 1.807) is 6.07 Å². The van der Waals surface area contributed by atoms with E-state index in [-0.39, 0.29) is 11.5 Å².